The molecule has 2 N–H and O–H groups in total. The van der Waals surface area contributed by atoms with Crippen molar-refractivity contribution in [1.82, 2.24) is 0 Å². The van der Waals surface area contributed by atoms with Crippen molar-refractivity contribution in [1.29, 1.82) is 0 Å². The number of aryl methyl sites for hydroxylation is 2. The molecule has 0 radical (unpaired) electrons. The van der Waals surface area contributed by atoms with Crippen molar-refractivity contribution in [3.8, 4) is 5.75 Å². The van der Waals surface area contributed by atoms with E-state index in [-0.39, 0.29) is 0 Å². The topological polar surface area (TPSA) is 36.1 Å². The van der Waals surface area contributed by atoms with Crippen LogP contribution in [0.4, 0.5) is 5.69 Å². The van der Waals surface area contributed by atoms with Gasteiger partial charge < -0.3 is 10.4 Å². The van der Waals surface area contributed by atoms with Crippen molar-refractivity contribution in [2.75, 3.05) is 5.32 Å². The lowest BCUT2D eigenvalue weighted by Gasteiger charge is -2.07. The summed E-state index contributed by atoms with van der Waals surface area (Å²) in [5.74, 6) is 0.330. The quantitative estimate of drug-likeness (QED) is 0.810. The molecule has 1 aromatic heterocycles. The molecule has 0 aliphatic carbocycles. The smallest absolute Gasteiger partial charge is 0.200 e. The van der Waals surface area contributed by atoms with Gasteiger partial charge in [-0.25, -0.2) is 4.57 Å². The summed E-state index contributed by atoms with van der Waals surface area (Å²) in [4.78, 5) is 0. The third-order valence-electron chi connectivity index (χ3n) is 3.06. The van der Waals surface area contributed by atoms with Crippen LogP contribution in [0.1, 0.15) is 18.2 Å². The fourth-order valence-electron chi connectivity index (χ4n) is 1.89. The Morgan fingerprint density at radius 2 is 2.06 bits per heavy atom. The minimum absolute atomic E-state index is 0.330. The van der Waals surface area contributed by atoms with E-state index in [0.29, 0.717) is 5.75 Å². The number of hydrogen-bond acceptors (Lipinski definition) is 2. The van der Waals surface area contributed by atoms with Crippen molar-refractivity contribution in [3.63, 3.8) is 0 Å². The molecule has 0 saturated heterocycles. The summed E-state index contributed by atoms with van der Waals surface area (Å²) in [6.45, 7) is 5.72. The van der Waals surface area contributed by atoms with E-state index in [0.717, 1.165) is 24.3 Å². The first-order valence-corrected chi connectivity index (χ1v) is 6.21. The first-order valence-electron chi connectivity index (χ1n) is 6.21. The van der Waals surface area contributed by atoms with E-state index in [2.05, 4.69) is 29.1 Å². The summed E-state index contributed by atoms with van der Waals surface area (Å²) < 4.78 is 2.20. The molecule has 0 amide bonds. The second-order valence-electron chi connectivity index (χ2n) is 4.33. The molecule has 0 unspecified atom stereocenters. The van der Waals surface area contributed by atoms with Gasteiger partial charge in [-0.1, -0.05) is 12.1 Å². The highest BCUT2D eigenvalue weighted by atomic mass is 16.3. The third kappa shape index (κ3) is 2.80. The highest BCUT2D eigenvalue weighted by molar-refractivity contribution is 5.50. The van der Waals surface area contributed by atoms with Gasteiger partial charge in [0, 0.05) is 23.9 Å². The van der Waals surface area contributed by atoms with Crippen LogP contribution in [0, 0.1) is 6.92 Å². The number of hydrogen-bond donors (Lipinski definition) is 2. The molecule has 0 atom stereocenters. The molecule has 0 aliphatic rings. The second-order valence-corrected chi connectivity index (χ2v) is 4.33. The van der Waals surface area contributed by atoms with E-state index in [4.69, 9.17) is 0 Å². The Bertz CT molecular complexity index is 538. The minimum Gasteiger partial charge on any atom is -0.508 e. The Hall–Kier alpha value is -2.03. The van der Waals surface area contributed by atoms with Crippen LogP contribution in [0.3, 0.4) is 0 Å². The van der Waals surface area contributed by atoms with Crippen LogP contribution in [0.15, 0.2) is 42.6 Å². The monoisotopic (exact) mass is 243 g/mol. The molecule has 3 nitrogen and oxygen atoms in total. The minimum atomic E-state index is 0.330. The van der Waals surface area contributed by atoms with Crippen molar-refractivity contribution in [2.45, 2.75) is 26.9 Å². The Kier molecular flexibility index (Phi) is 3.82. The van der Waals surface area contributed by atoms with Crippen LogP contribution in [0.2, 0.25) is 0 Å². The summed E-state index contributed by atoms with van der Waals surface area (Å²) in [5.41, 5.74) is 3.05. The standard InChI is InChI=1S/C15H18N2O/c1-3-17-9-5-4-6-14(17)11-16-13-8-7-12(2)15(18)10-13/h4-10,16H,3,11H2,1-2H3/p+1. The summed E-state index contributed by atoms with van der Waals surface area (Å²) in [6, 6.07) is 11.8. The Morgan fingerprint density at radius 3 is 2.78 bits per heavy atom. The van der Waals surface area contributed by atoms with Crippen molar-refractivity contribution in [3.05, 3.63) is 53.9 Å². The SMILES string of the molecule is CC[n+]1ccccc1CNc1ccc(C)c(O)c1. The van der Waals surface area contributed by atoms with E-state index >= 15 is 0 Å². The Balaban J connectivity index is 2.09. The molecule has 0 spiro atoms. The summed E-state index contributed by atoms with van der Waals surface area (Å²) >= 11 is 0. The van der Waals surface area contributed by atoms with Crippen LogP contribution >= 0.6 is 0 Å². The van der Waals surface area contributed by atoms with Gasteiger partial charge >= 0.3 is 0 Å². The van der Waals surface area contributed by atoms with Crippen LogP contribution in [-0.4, -0.2) is 5.11 Å². The van der Waals surface area contributed by atoms with Gasteiger partial charge in [-0.15, -0.1) is 0 Å². The number of aromatic nitrogens is 1. The molecule has 0 saturated carbocycles. The van der Waals surface area contributed by atoms with E-state index in [1.54, 1.807) is 6.07 Å². The van der Waals surface area contributed by atoms with Gasteiger partial charge in [0.1, 0.15) is 18.8 Å². The van der Waals surface area contributed by atoms with Gasteiger partial charge in [0.05, 0.1) is 0 Å². The fourth-order valence-corrected chi connectivity index (χ4v) is 1.89. The van der Waals surface area contributed by atoms with Gasteiger partial charge in [-0.05, 0) is 25.5 Å². The van der Waals surface area contributed by atoms with Crippen molar-refractivity contribution < 1.29 is 9.67 Å². The molecule has 1 heterocycles. The maximum absolute atomic E-state index is 9.65. The number of phenolic OH excluding ortho intramolecular Hbond substituents is 1. The number of anilines is 1. The predicted molar refractivity (Wildman–Crippen MR) is 72.5 cm³/mol. The number of benzene rings is 1. The van der Waals surface area contributed by atoms with Crippen molar-refractivity contribution in [2.24, 2.45) is 0 Å². The zero-order valence-electron chi connectivity index (χ0n) is 10.9. The molecule has 18 heavy (non-hydrogen) atoms. The molecule has 0 bridgehead atoms. The first-order chi connectivity index (χ1) is 8.70. The number of rotatable bonds is 4. The Labute approximate surface area is 108 Å². The number of aromatic hydroxyl groups is 1. The lowest BCUT2D eigenvalue weighted by molar-refractivity contribution is -0.700. The summed E-state index contributed by atoms with van der Waals surface area (Å²) in [5, 5.41) is 13.0. The predicted octanol–water partition coefficient (Wildman–Crippen LogP) is 2.62. The molecule has 94 valence electrons. The van der Waals surface area contributed by atoms with Crippen LogP contribution in [-0.2, 0) is 13.1 Å². The molecule has 2 aromatic rings. The maximum Gasteiger partial charge on any atom is 0.200 e. The maximum atomic E-state index is 9.65. The van der Waals surface area contributed by atoms with Crippen LogP contribution < -0.4 is 9.88 Å². The zero-order chi connectivity index (χ0) is 13.0. The zero-order valence-corrected chi connectivity index (χ0v) is 10.9. The molecule has 2 rings (SSSR count). The molecule has 0 fully saturated rings. The molecule has 3 heteroatoms. The van der Waals surface area contributed by atoms with Gasteiger partial charge in [-0.2, -0.15) is 0 Å². The van der Waals surface area contributed by atoms with E-state index in [1.807, 2.05) is 31.2 Å². The number of nitrogens with one attached hydrogen (secondary N) is 1. The average Bonchev–Trinajstić information content (AvgIpc) is 2.40. The largest absolute Gasteiger partial charge is 0.508 e. The fraction of sp³-hybridized carbons (Fsp3) is 0.267. The molecular weight excluding hydrogens is 224 g/mol. The van der Waals surface area contributed by atoms with Crippen LogP contribution in [0.25, 0.3) is 0 Å². The Morgan fingerprint density at radius 1 is 1.22 bits per heavy atom. The van der Waals surface area contributed by atoms with E-state index in [1.165, 1.54) is 5.69 Å². The van der Waals surface area contributed by atoms with Gasteiger partial charge in [0.2, 0.25) is 5.69 Å². The van der Waals surface area contributed by atoms with E-state index in [9.17, 15) is 5.11 Å². The lowest BCUT2D eigenvalue weighted by Crippen LogP contribution is -2.37. The summed E-state index contributed by atoms with van der Waals surface area (Å²) in [7, 11) is 0. The van der Waals surface area contributed by atoms with E-state index < -0.39 is 0 Å². The second kappa shape index (κ2) is 5.54. The third-order valence-corrected chi connectivity index (χ3v) is 3.06. The molecule has 1 aromatic carbocycles. The number of pyridine rings is 1. The van der Waals surface area contributed by atoms with Crippen molar-refractivity contribution >= 4 is 5.69 Å². The average molecular weight is 243 g/mol. The van der Waals surface area contributed by atoms with Gasteiger partial charge in [0.15, 0.2) is 6.20 Å². The number of nitrogens with zero attached hydrogens (tertiary/aromatic N) is 1. The number of phenols is 1. The van der Waals surface area contributed by atoms with Gasteiger partial charge in [-0.3, -0.25) is 0 Å². The van der Waals surface area contributed by atoms with Crippen LogP contribution in [0.5, 0.6) is 5.75 Å². The summed E-state index contributed by atoms with van der Waals surface area (Å²) in [6.07, 6.45) is 2.07. The highest BCUT2D eigenvalue weighted by Crippen LogP contribution is 2.20. The molecule has 0 aliphatic heterocycles. The lowest BCUT2D eigenvalue weighted by atomic mass is 10.2. The molecular formula is C15H19N2O+. The highest BCUT2D eigenvalue weighted by Gasteiger charge is 2.07. The van der Waals surface area contributed by atoms with Gasteiger partial charge in [0.25, 0.3) is 0 Å². The normalized spacial score (nSPS) is 10.3. The first kappa shape index (κ1) is 12.4.